The van der Waals surface area contributed by atoms with Crippen LogP contribution in [0.3, 0.4) is 0 Å². The molecule has 0 saturated carbocycles. The van der Waals surface area contributed by atoms with Crippen LogP contribution >= 0.6 is 0 Å². The molecule has 0 aromatic heterocycles. The summed E-state index contributed by atoms with van der Waals surface area (Å²) in [6.07, 6.45) is -1.23. The van der Waals surface area contributed by atoms with Crippen molar-refractivity contribution in [2.24, 2.45) is 0 Å². The predicted octanol–water partition coefficient (Wildman–Crippen LogP) is -7.54. The van der Waals surface area contributed by atoms with E-state index >= 15 is 0 Å². The SMILES string of the molecule is CC(O)C(=O)O.O=S([O-])[O-].[Na+].[Na+]. The Labute approximate surface area is 116 Å². The minimum atomic E-state index is -3.11. The summed E-state index contributed by atoms with van der Waals surface area (Å²) < 4.78 is 25.3. The summed E-state index contributed by atoms with van der Waals surface area (Å²) in [5.41, 5.74) is 0. The second-order valence-electron chi connectivity index (χ2n) is 1.22. The third kappa shape index (κ3) is 41.9. The van der Waals surface area contributed by atoms with E-state index in [1.807, 2.05) is 0 Å². The van der Waals surface area contributed by atoms with Crippen molar-refractivity contribution in [2.45, 2.75) is 13.0 Å². The van der Waals surface area contributed by atoms with E-state index < -0.39 is 23.4 Å². The number of hydrogen-bond donors (Lipinski definition) is 2. The van der Waals surface area contributed by atoms with Gasteiger partial charge in [-0.15, -0.1) is 11.4 Å². The first kappa shape index (κ1) is 23.4. The zero-order valence-electron chi connectivity index (χ0n) is 7.01. The van der Waals surface area contributed by atoms with E-state index in [0.717, 1.165) is 0 Å². The van der Waals surface area contributed by atoms with Crippen LogP contribution in [0.1, 0.15) is 6.92 Å². The first-order chi connectivity index (χ1) is 4.37. The standard InChI is InChI=1S/C3H6O3.2Na.H2O3S/c1-2(4)3(5)6;;;1-4(2)3/h2,4H,1H3,(H,5,6);;;(H2,1,2,3)/q;2*+1;/p-2. The van der Waals surface area contributed by atoms with Gasteiger partial charge >= 0.3 is 65.1 Å². The van der Waals surface area contributed by atoms with Crippen LogP contribution in [0.4, 0.5) is 0 Å². The summed E-state index contributed by atoms with van der Waals surface area (Å²) >= 11 is -3.11. The maximum Gasteiger partial charge on any atom is 1.00 e. The summed E-state index contributed by atoms with van der Waals surface area (Å²) in [7, 11) is 0. The third-order valence-corrected chi connectivity index (χ3v) is 0.357. The Bertz CT molecular complexity index is 124. The quantitative estimate of drug-likeness (QED) is 0.331. The Morgan fingerprint density at radius 3 is 1.50 bits per heavy atom. The van der Waals surface area contributed by atoms with Gasteiger partial charge in [0.1, 0.15) is 6.10 Å². The molecule has 0 amide bonds. The van der Waals surface area contributed by atoms with Gasteiger partial charge in [0.25, 0.3) is 0 Å². The molecule has 0 spiro atoms. The molecule has 0 aliphatic carbocycles. The van der Waals surface area contributed by atoms with Gasteiger partial charge in [0.05, 0.1) is 0 Å². The fraction of sp³-hybridized carbons (Fsp3) is 0.667. The second kappa shape index (κ2) is 15.0. The summed E-state index contributed by atoms with van der Waals surface area (Å²) in [4.78, 5) is 9.45. The normalized spacial score (nSPS) is 9.75. The van der Waals surface area contributed by atoms with Crippen LogP contribution in [0, 0.1) is 0 Å². The molecule has 1 unspecified atom stereocenters. The molecule has 0 rings (SSSR count). The van der Waals surface area contributed by atoms with E-state index in [1.54, 1.807) is 0 Å². The molecule has 0 heterocycles. The zero-order chi connectivity index (χ0) is 8.73. The molecular formula is C3H6Na2O6S. The summed E-state index contributed by atoms with van der Waals surface area (Å²) in [5, 5.41) is 15.8. The van der Waals surface area contributed by atoms with E-state index in [2.05, 4.69) is 0 Å². The van der Waals surface area contributed by atoms with E-state index in [1.165, 1.54) is 6.92 Å². The van der Waals surface area contributed by atoms with Crippen molar-refractivity contribution in [3.05, 3.63) is 0 Å². The number of carboxylic acid groups (broad SMARTS) is 1. The minimum absolute atomic E-state index is 0. The van der Waals surface area contributed by atoms with Gasteiger partial charge in [-0.25, -0.2) is 4.79 Å². The fourth-order valence-corrected chi connectivity index (χ4v) is 0. The second-order valence-corrected chi connectivity index (χ2v) is 1.63. The van der Waals surface area contributed by atoms with Gasteiger partial charge in [0.2, 0.25) is 0 Å². The van der Waals surface area contributed by atoms with Crippen LogP contribution in [0.5, 0.6) is 0 Å². The molecular weight excluding hydrogens is 210 g/mol. The van der Waals surface area contributed by atoms with Crippen molar-refractivity contribution in [2.75, 3.05) is 0 Å². The largest absolute Gasteiger partial charge is 1.00 e. The van der Waals surface area contributed by atoms with E-state index in [0.29, 0.717) is 0 Å². The summed E-state index contributed by atoms with van der Waals surface area (Å²) in [6, 6.07) is 0. The number of aliphatic carboxylic acids is 1. The average Bonchev–Trinajstić information content (AvgIpc) is 1.63. The number of carboxylic acids is 1. The van der Waals surface area contributed by atoms with Crippen molar-refractivity contribution < 1.29 is 87.4 Å². The van der Waals surface area contributed by atoms with Crippen molar-refractivity contribution in [1.29, 1.82) is 0 Å². The van der Waals surface area contributed by atoms with Crippen LogP contribution in [0.25, 0.3) is 0 Å². The molecule has 1 atom stereocenters. The van der Waals surface area contributed by atoms with Crippen LogP contribution in [0.2, 0.25) is 0 Å². The molecule has 62 valence electrons. The first-order valence-corrected chi connectivity index (χ1v) is 3.05. The maximum absolute atomic E-state index is 9.45. The van der Waals surface area contributed by atoms with E-state index in [-0.39, 0.29) is 59.1 Å². The fourth-order valence-electron chi connectivity index (χ4n) is 0. The van der Waals surface area contributed by atoms with Crippen LogP contribution in [0.15, 0.2) is 0 Å². The van der Waals surface area contributed by atoms with Crippen molar-refractivity contribution >= 4 is 17.3 Å². The van der Waals surface area contributed by atoms with Crippen LogP contribution < -0.4 is 59.1 Å². The molecule has 0 aliphatic heterocycles. The van der Waals surface area contributed by atoms with Crippen molar-refractivity contribution in [1.82, 2.24) is 0 Å². The molecule has 6 nitrogen and oxygen atoms in total. The van der Waals surface area contributed by atoms with Gasteiger partial charge < -0.3 is 19.3 Å². The first-order valence-electron chi connectivity index (χ1n) is 2.05. The number of aliphatic hydroxyl groups excluding tert-OH is 1. The Morgan fingerprint density at radius 1 is 1.42 bits per heavy atom. The monoisotopic (exact) mass is 216 g/mol. The van der Waals surface area contributed by atoms with Gasteiger partial charge in [-0.2, -0.15) is 0 Å². The predicted molar refractivity (Wildman–Crippen MR) is 29.0 cm³/mol. The molecule has 12 heavy (non-hydrogen) atoms. The molecule has 0 saturated heterocycles. The molecule has 0 bridgehead atoms. The molecule has 0 radical (unpaired) electrons. The number of rotatable bonds is 1. The number of aliphatic hydroxyl groups is 1. The van der Waals surface area contributed by atoms with Gasteiger partial charge in [0, 0.05) is 0 Å². The van der Waals surface area contributed by atoms with Gasteiger partial charge in [-0.05, 0) is 6.92 Å². The van der Waals surface area contributed by atoms with Crippen LogP contribution in [-0.2, 0) is 16.2 Å². The van der Waals surface area contributed by atoms with E-state index in [9.17, 15) is 4.79 Å². The smallest absolute Gasteiger partial charge is 0.784 e. The Hall–Kier alpha value is 1.50. The van der Waals surface area contributed by atoms with Crippen molar-refractivity contribution in [3.63, 3.8) is 0 Å². The molecule has 2 N–H and O–H groups in total. The minimum Gasteiger partial charge on any atom is -0.784 e. The van der Waals surface area contributed by atoms with Crippen molar-refractivity contribution in [3.8, 4) is 0 Å². The molecule has 0 aromatic rings. The summed E-state index contributed by atoms with van der Waals surface area (Å²) in [6.45, 7) is 1.20. The Balaban J connectivity index is -0.0000000483. The van der Waals surface area contributed by atoms with Gasteiger partial charge in [-0.1, -0.05) is 0 Å². The zero-order valence-corrected chi connectivity index (χ0v) is 11.8. The Morgan fingerprint density at radius 2 is 1.50 bits per heavy atom. The average molecular weight is 216 g/mol. The molecule has 0 aliphatic rings. The topological polar surface area (TPSA) is 121 Å². The van der Waals surface area contributed by atoms with E-state index in [4.69, 9.17) is 23.5 Å². The van der Waals surface area contributed by atoms with Gasteiger partial charge in [-0.3, -0.25) is 4.21 Å². The summed E-state index contributed by atoms with van der Waals surface area (Å²) in [5.74, 6) is -1.19. The van der Waals surface area contributed by atoms with Crippen LogP contribution in [-0.4, -0.2) is 35.6 Å². The Kier molecular flexibility index (Phi) is 29.2. The number of carbonyl (C=O) groups is 1. The maximum atomic E-state index is 9.45. The molecule has 0 fully saturated rings. The molecule has 0 aromatic carbocycles. The molecule has 9 heteroatoms. The van der Waals surface area contributed by atoms with Gasteiger partial charge in [0.15, 0.2) is 0 Å². The third-order valence-electron chi connectivity index (χ3n) is 0.357. The number of hydrogen-bond acceptors (Lipinski definition) is 5.